The Balaban J connectivity index is 1.63. The van der Waals surface area contributed by atoms with E-state index < -0.39 is 10.0 Å². The second-order valence-corrected chi connectivity index (χ2v) is 8.71. The van der Waals surface area contributed by atoms with E-state index in [0.29, 0.717) is 26.2 Å². The van der Waals surface area contributed by atoms with Gasteiger partial charge in [-0.25, -0.2) is 13.4 Å². The van der Waals surface area contributed by atoms with Crippen LogP contribution in [0.25, 0.3) is 6.08 Å². The van der Waals surface area contributed by atoms with E-state index in [1.807, 2.05) is 43.3 Å². The van der Waals surface area contributed by atoms with Crippen molar-refractivity contribution in [1.29, 1.82) is 0 Å². The Morgan fingerprint density at radius 2 is 1.72 bits per heavy atom. The highest BCUT2D eigenvalue weighted by molar-refractivity contribution is 9.10. The molecule has 132 valence electrons. The molecule has 0 spiro atoms. The molecule has 1 aliphatic heterocycles. The molecule has 2 heterocycles. The van der Waals surface area contributed by atoms with Crippen molar-refractivity contribution in [3.05, 3.63) is 63.6 Å². The number of aromatic nitrogens is 1. The molecule has 25 heavy (non-hydrogen) atoms. The Morgan fingerprint density at radius 3 is 2.32 bits per heavy atom. The first-order chi connectivity index (χ1) is 11.9. The molecule has 1 saturated heterocycles. The smallest absolute Gasteiger partial charge is 0.236 e. The number of pyridine rings is 1. The quantitative estimate of drug-likeness (QED) is 0.759. The van der Waals surface area contributed by atoms with Gasteiger partial charge in [0.15, 0.2) is 0 Å². The highest BCUT2D eigenvalue weighted by Gasteiger charge is 2.25. The minimum atomic E-state index is -3.41. The molecule has 0 atom stereocenters. The maximum absolute atomic E-state index is 12.5. The van der Waals surface area contributed by atoms with Crippen LogP contribution in [0.3, 0.4) is 0 Å². The number of hydrogen-bond donors (Lipinski definition) is 0. The van der Waals surface area contributed by atoms with Gasteiger partial charge in [-0.2, -0.15) is 4.31 Å². The van der Waals surface area contributed by atoms with E-state index in [1.54, 1.807) is 12.3 Å². The van der Waals surface area contributed by atoms with Crippen LogP contribution >= 0.6 is 15.9 Å². The minimum absolute atomic E-state index is 0.457. The topological polar surface area (TPSA) is 53.5 Å². The largest absolute Gasteiger partial charge is 0.354 e. The summed E-state index contributed by atoms with van der Waals surface area (Å²) in [4.78, 5) is 6.47. The summed E-state index contributed by atoms with van der Waals surface area (Å²) in [7, 11) is -3.41. The summed E-state index contributed by atoms with van der Waals surface area (Å²) < 4.78 is 27.5. The summed E-state index contributed by atoms with van der Waals surface area (Å²) >= 11 is 3.37. The van der Waals surface area contributed by atoms with Gasteiger partial charge in [0.25, 0.3) is 0 Å². The predicted octanol–water partition coefficient (Wildman–Crippen LogP) is 3.28. The zero-order valence-electron chi connectivity index (χ0n) is 14.0. The average Bonchev–Trinajstić information content (AvgIpc) is 2.62. The van der Waals surface area contributed by atoms with Crippen LogP contribution < -0.4 is 4.90 Å². The third-order valence-corrected chi connectivity index (χ3v) is 6.18. The molecule has 0 unspecified atom stereocenters. The van der Waals surface area contributed by atoms with Gasteiger partial charge < -0.3 is 4.90 Å². The third kappa shape index (κ3) is 4.68. The molecule has 0 saturated carbocycles. The van der Waals surface area contributed by atoms with Crippen molar-refractivity contribution in [3.8, 4) is 0 Å². The molecule has 1 aromatic heterocycles. The van der Waals surface area contributed by atoms with E-state index in [9.17, 15) is 8.42 Å². The normalized spacial score (nSPS) is 16.5. The third-order valence-electron chi connectivity index (χ3n) is 4.14. The number of aryl methyl sites for hydroxylation is 1. The Hall–Kier alpha value is -1.70. The Kier molecular flexibility index (Phi) is 5.56. The maximum Gasteiger partial charge on any atom is 0.236 e. The number of nitrogens with zero attached hydrogens (tertiary/aromatic N) is 3. The molecule has 1 aromatic carbocycles. The Morgan fingerprint density at radius 1 is 1.04 bits per heavy atom. The van der Waals surface area contributed by atoms with Gasteiger partial charge in [0.2, 0.25) is 10.0 Å². The van der Waals surface area contributed by atoms with Crippen LogP contribution in [0.4, 0.5) is 5.82 Å². The fourth-order valence-electron chi connectivity index (χ4n) is 2.65. The molecule has 7 heteroatoms. The first kappa shape index (κ1) is 18.1. The van der Waals surface area contributed by atoms with Gasteiger partial charge >= 0.3 is 0 Å². The molecule has 0 bridgehead atoms. The number of halogens is 1. The van der Waals surface area contributed by atoms with Crippen molar-refractivity contribution in [3.63, 3.8) is 0 Å². The molecule has 2 aromatic rings. The van der Waals surface area contributed by atoms with Crippen LogP contribution in [0.15, 0.2) is 52.5 Å². The summed E-state index contributed by atoms with van der Waals surface area (Å²) in [5.41, 5.74) is 2.03. The molecular weight excluding hydrogens is 402 g/mol. The fourth-order valence-corrected chi connectivity index (χ4v) is 4.06. The van der Waals surface area contributed by atoms with Crippen LogP contribution in [-0.2, 0) is 10.0 Å². The van der Waals surface area contributed by atoms with Crippen molar-refractivity contribution >= 4 is 37.8 Å². The van der Waals surface area contributed by atoms with Gasteiger partial charge in [-0.05, 0) is 46.6 Å². The summed E-state index contributed by atoms with van der Waals surface area (Å²) in [6.45, 7) is 4.18. The maximum atomic E-state index is 12.5. The van der Waals surface area contributed by atoms with Crippen molar-refractivity contribution in [2.45, 2.75) is 6.92 Å². The van der Waals surface area contributed by atoms with Crippen molar-refractivity contribution in [2.75, 3.05) is 31.1 Å². The monoisotopic (exact) mass is 421 g/mol. The second kappa shape index (κ2) is 7.68. The highest BCUT2D eigenvalue weighted by Crippen LogP contribution is 2.18. The summed E-state index contributed by atoms with van der Waals surface area (Å²) in [6.07, 6.45) is 3.40. The van der Waals surface area contributed by atoms with Crippen LogP contribution in [0.5, 0.6) is 0 Å². The molecule has 0 aliphatic carbocycles. The molecule has 5 nitrogen and oxygen atoms in total. The summed E-state index contributed by atoms with van der Waals surface area (Å²) in [5, 5.41) is 1.30. The lowest BCUT2D eigenvalue weighted by Crippen LogP contribution is -2.48. The van der Waals surface area contributed by atoms with E-state index >= 15 is 0 Å². The number of anilines is 1. The highest BCUT2D eigenvalue weighted by atomic mass is 79.9. The van der Waals surface area contributed by atoms with Gasteiger partial charge in [0, 0.05) is 42.3 Å². The zero-order chi connectivity index (χ0) is 17.9. The van der Waals surface area contributed by atoms with Gasteiger partial charge in [0.1, 0.15) is 5.82 Å². The lowest BCUT2D eigenvalue weighted by molar-refractivity contribution is 0.389. The lowest BCUT2D eigenvalue weighted by atomic mass is 10.2. The average molecular weight is 422 g/mol. The number of benzene rings is 1. The SMILES string of the molecule is Cc1ccc(/C=C/S(=O)(=O)N2CCN(c3ccc(Br)cn3)CC2)cc1. The zero-order valence-corrected chi connectivity index (χ0v) is 16.4. The Bertz CT molecular complexity index is 841. The van der Waals surface area contributed by atoms with E-state index in [0.717, 1.165) is 21.4 Å². The van der Waals surface area contributed by atoms with Gasteiger partial charge in [-0.1, -0.05) is 29.8 Å². The Labute approximate surface area is 157 Å². The standard InChI is InChI=1S/C18H20BrN3O2S/c1-15-2-4-16(5-3-15)8-13-25(23,24)22-11-9-21(10-12-22)18-7-6-17(19)14-20-18/h2-8,13-14H,9-12H2,1H3/b13-8+. The van der Waals surface area contributed by atoms with E-state index in [4.69, 9.17) is 0 Å². The van der Waals surface area contributed by atoms with Crippen LogP contribution in [-0.4, -0.2) is 43.9 Å². The van der Waals surface area contributed by atoms with E-state index in [-0.39, 0.29) is 0 Å². The van der Waals surface area contributed by atoms with Gasteiger partial charge in [-0.15, -0.1) is 0 Å². The molecule has 1 fully saturated rings. The second-order valence-electron chi connectivity index (χ2n) is 5.98. The van der Waals surface area contributed by atoms with E-state index in [2.05, 4.69) is 25.8 Å². The summed E-state index contributed by atoms with van der Waals surface area (Å²) in [6, 6.07) is 11.6. The molecule has 0 N–H and O–H groups in total. The van der Waals surface area contributed by atoms with Crippen molar-refractivity contribution in [2.24, 2.45) is 0 Å². The molecule has 0 radical (unpaired) electrons. The molecular formula is C18H20BrN3O2S. The first-order valence-electron chi connectivity index (χ1n) is 8.05. The van der Waals surface area contributed by atoms with Gasteiger partial charge in [0.05, 0.1) is 0 Å². The first-order valence-corrected chi connectivity index (χ1v) is 10.3. The fraction of sp³-hybridized carbons (Fsp3) is 0.278. The van der Waals surface area contributed by atoms with Gasteiger partial charge in [-0.3, -0.25) is 0 Å². The predicted molar refractivity (Wildman–Crippen MR) is 105 cm³/mol. The lowest BCUT2D eigenvalue weighted by Gasteiger charge is -2.34. The number of rotatable bonds is 4. The van der Waals surface area contributed by atoms with Crippen molar-refractivity contribution < 1.29 is 8.42 Å². The van der Waals surface area contributed by atoms with Crippen LogP contribution in [0, 0.1) is 6.92 Å². The number of sulfonamides is 1. The van der Waals surface area contributed by atoms with Crippen molar-refractivity contribution in [1.82, 2.24) is 9.29 Å². The van der Waals surface area contributed by atoms with Crippen LogP contribution in [0.2, 0.25) is 0 Å². The molecule has 3 rings (SSSR count). The summed E-state index contributed by atoms with van der Waals surface area (Å²) in [5.74, 6) is 0.871. The number of hydrogen-bond acceptors (Lipinski definition) is 4. The minimum Gasteiger partial charge on any atom is -0.354 e. The van der Waals surface area contributed by atoms with Crippen LogP contribution in [0.1, 0.15) is 11.1 Å². The molecule has 1 aliphatic rings. The molecule has 0 amide bonds. The van der Waals surface area contributed by atoms with E-state index in [1.165, 1.54) is 9.71 Å². The number of piperazine rings is 1.